The number of aromatic nitrogens is 2. The first-order valence-electron chi connectivity index (χ1n) is 5.97. The summed E-state index contributed by atoms with van der Waals surface area (Å²) in [5.74, 6) is 2.13. The molecule has 102 valence electrons. The third-order valence-corrected chi connectivity index (χ3v) is 3.27. The SMILES string of the molecule is COc1ccc(-c2nc(CO)c(C)n2C)cc1OC. The standard InChI is InChI=1S/C14H18N2O3/c1-9-11(8-17)15-14(16(9)2)10-5-6-12(18-3)13(7-10)19-4/h5-7,17H,8H2,1-4H3. The van der Waals surface area contributed by atoms with E-state index in [1.54, 1.807) is 14.2 Å². The van der Waals surface area contributed by atoms with Crippen molar-refractivity contribution >= 4 is 0 Å². The highest BCUT2D eigenvalue weighted by Crippen LogP contribution is 2.32. The molecule has 5 nitrogen and oxygen atoms in total. The molecule has 0 atom stereocenters. The predicted molar refractivity (Wildman–Crippen MR) is 72.4 cm³/mol. The smallest absolute Gasteiger partial charge is 0.161 e. The van der Waals surface area contributed by atoms with E-state index in [-0.39, 0.29) is 6.61 Å². The molecular weight excluding hydrogens is 244 g/mol. The van der Waals surface area contributed by atoms with Crippen LogP contribution in [0, 0.1) is 6.92 Å². The van der Waals surface area contributed by atoms with Crippen LogP contribution < -0.4 is 9.47 Å². The van der Waals surface area contributed by atoms with E-state index in [1.165, 1.54) is 0 Å². The van der Waals surface area contributed by atoms with Crippen LogP contribution >= 0.6 is 0 Å². The molecule has 0 bridgehead atoms. The predicted octanol–water partition coefficient (Wildman–Crippen LogP) is 1.91. The van der Waals surface area contributed by atoms with Crippen molar-refractivity contribution < 1.29 is 14.6 Å². The van der Waals surface area contributed by atoms with Crippen molar-refractivity contribution in [2.75, 3.05) is 14.2 Å². The second-order valence-electron chi connectivity index (χ2n) is 4.25. The summed E-state index contributed by atoms with van der Waals surface area (Å²) >= 11 is 0. The number of nitrogens with zero attached hydrogens (tertiary/aromatic N) is 2. The van der Waals surface area contributed by atoms with Crippen LogP contribution in [0.2, 0.25) is 0 Å². The number of imidazole rings is 1. The Kier molecular flexibility index (Phi) is 3.76. The number of methoxy groups -OCH3 is 2. The highest BCUT2D eigenvalue weighted by atomic mass is 16.5. The molecule has 19 heavy (non-hydrogen) atoms. The fourth-order valence-corrected chi connectivity index (χ4v) is 2.02. The molecule has 0 saturated carbocycles. The second-order valence-corrected chi connectivity index (χ2v) is 4.25. The first-order valence-corrected chi connectivity index (χ1v) is 5.97. The molecule has 1 aromatic heterocycles. The van der Waals surface area contributed by atoms with Gasteiger partial charge in [0.05, 0.1) is 26.5 Å². The summed E-state index contributed by atoms with van der Waals surface area (Å²) in [5, 5.41) is 9.27. The molecule has 1 heterocycles. The number of aliphatic hydroxyl groups excluding tert-OH is 1. The minimum Gasteiger partial charge on any atom is -0.493 e. The third-order valence-electron chi connectivity index (χ3n) is 3.27. The summed E-state index contributed by atoms with van der Waals surface area (Å²) < 4.78 is 12.5. The molecule has 2 aromatic rings. The molecule has 0 radical (unpaired) electrons. The van der Waals surface area contributed by atoms with E-state index < -0.39 is 0 Å². The van der Waals surface area contributed by atoms with E-state index in [9.17, 15) is 5.11 Å². The molecule has 0 unspecified atom stereocenters. The number of hydrogen-bond acceptors (Lipinski definition) is 4. The number of rotatable bonds is 4. The van der Waals surface area contributed by atoms with Crippen LogP contribution in [-0.4, -0.2) is 28.9 Å². The first kappa shape index (κ1) is 13.4. The fraction of sp³-hybridized carbons (Fsp3) is 0.357. The summed E-state index contributed by atoms with van der Waals surface area (Å²) in [7, 11) is 5.13. The van der Waals surface area contributed by atoms with Crippen molar-refractivity contribution in [2.24, 2.45) is 7.05 Å². The highest BCUT2D eigenvalue weighted by molar-refractivity contribution is 5.62. The van der Waals surface area contributed by atoms with Crippen molar-refractivity contribution in [1.29, 1.82) is 0 Å². The van der Waals surface area contributed by atoms with Gasteiger partial charge in [0.25, 0.3) is 0 Å². The van der Waals surface area contributed by atoms with Crippen molar-refractivity contribution in [3.8, 4) is 22.9 Å². The Hall–Kier alpha value is -2.01. The Morgan fingerprint density at radius 3 is 2.42 bits per heavy atom. The number of benzene rings is 1. The molecule has 1 aromatic carbocycles. The van der Waals surface area contributed by atoms with Crippen molar-refractivity contribution in [3.63, 3.8) is 0 Å². The molecule has 0 fully saturated rings. The van der Waals surface area contributed by atoms with Gasteiger partial charge in [0.1, 0.15) is 5.82 Å². The van der Waals surface area contributed by atoms with Gasteiger partial charge in [-0.1, -0.05) is 0 Å². The lowest BCUT2D eigenvalue weighted by Gasteiger charge is -2.09. The van der Waals surface area contributed by atoms with Crippen LogP contribution in [0.25, 0.3) is 11.4 Å². The Morgan fingerprint density at radius 2 is 1.89 bits per heavy atom. The molecule has 0 aliphatic heterocycles. The molecular formula is C14H18N2O3. The minimum atomic E-state index is -0.0625. The molecule has 1 N–H and O–H groups in total. The summed E-state index contributed by atoms with van der Waals surface area (Å²) in [4.78, 5) is 4.45. The van der Waals surface area contributed by atoms with Crippen LogP contribution in [0.15, 0.2) is 18.2 Å². The number of ether oxygens (including phenoxy) is 2. The van der Waals surface area contributed by atoms with Gasteiger partial charge in [-0.25, -0.2) is 4.98 Å². The van der Waals surface area contributed by atoms with Crippen molar-refractivity contribution in [1.82, 2.24) is 9.55 Å². The molecule has 0 saturated heterocycles. The van der Waals surface area contributed by atoms with Gasteiger partial charge in [-0.3, -0.25) is 0 Å². The molecule has 2 rings (SSSR count). The van der Waals surface area contributed by atoms with Gasteiger partial charge in [0, 0.05) is 18.3 Å². The molecule has 0 aliphatic rings. The maximum absolute atomic E-state index is 9.27. The van der Waals surface area contributed by atoms with Gasteiger partial charge in [-0.15, -0.1) is 0 Å². The van der Waals surface area contributed by atoms with Crippen LogP contribution in [0.3, 0.4) is 0 Å². The zero-order valence-corrected chi connectivity index (χ0v) is 11.6. The topological polar surface area (TPSA) is 56.5 Å². The Labute approximate surface area is 112 Å². The lowest BCUT2D eigenvalue weighted by atomic mass is 10.2. The molecule has 0 aliphatic carbocycles. The Morgan fingerprint density at radius 1 is 1.21 bits per heavy atom. The average Bonchev–Trinajstić information content (AvgIpc) is 2.74. The Bertz CT molecular complexity index is 591. The van der Waals surface area contributed by atoms with Crippen LogP contribution in [0.5, 0.6) is 11.5 Å². The quantitative estimate of drug-likeness (QED) is 0.914. The van der Waals surface area contributed by atoms with Crippen LogP contribution in [0.4, 0.5) is 0 Å². The maximum Gasteiger partial charge on any atom is 0.161 e. The Balaban J connectivity index is 2.53. The molecule has 0 amide bonds. The molecule has 5 heteroatoms. The fourth-order valence-electron chi connectivity index (χ4n) is 2.02. The van der Waals surface area contributed by atoms with E-state index in [0.717, 1.165) is 17.1 Å². The van der Waals surface area contributed by atoms with Crippen molar-refractivity contribution in [3.05, 3.63) is 29.6 Å². The van der Waals surface area contributed by atoms with Crippen molar-refractivity contribution in [2.45, 2.75) is 13.5 Å². The lowest BCUT2D eigenvalue weighted by molar-refractivity contribution is 0.276. The maximum atomic E-state index is 9.27. The van der Waals surface area contributed by atoms with Gasteiger partial charge in [-0.05, 0) is 25.1 Å². The number of hydrogen-bond donors (Lipinski definition) is 1. The van der Waals surface area contributed by atoms with Gasteiger partial charge >= 0.3 is 0 Å². The van der Waals surface area contributed by atoms with E-state index in [1.807, 2.05) is 36.7 Å². The van der Waals surface area contributed by atoms with Gasteiger partial charge < -0.3 is 19.1 Å². The van der Waals surface area contributed by atoms with Gasteiger partial charge in [-0.2, -0.15) is 0 Å². The van der Waals surface area contributed by atoms with E-state index in [4.69, 9.17) is 9.47 Å². The first-order chi connectivity index (χ1) is 9.12. The second kappa shape index (κ2) is 5.32. The van der Waals surface area contributed by atoms with Crippen LogP contribution in [0.1, 0.15) is 11.4 Å². The van der Waals surface area contributed by atoms with Gasteiger partial charge in [0.2, 0.25) is 0 Å². The summed E-state index contributed by atoms with van der Waals surface area (Å²) in [6.07, 6.45) is 0. The summed E-state index contributed by atoms with van der Waals surface area (Å²) in [6.45, 7) is 1.87. The van der Waals surface area contributed by atoms with Gasteiger partial charge in [0.15, 0.2) is 11.5 Å². The lowest BCUT2D eigenvalue weighted by Crippen LogP contribution is -1.96. The van der Waals surface area contributed by atoms with E-state index >= 15 is 0 Å². The largest absolute Gasteiger partial charge is 0.493 e. The minimum absolute atomic E-state index is 0.0625. The summed E-state index contributed by atoms with van der Waals surface area (Å²) in [5.41, 5.74) is 2.56. The zero-order valence-electron chi connectivity index (χ0n) is 11.6. The third kappa shape index (κ3) is 2.29. The average molecular weight is 262 g/mol. The van der Waals surface area contributed by atoms with E-state index in [2.05, 4.69) is 4.98 Å². The molecule has 0 spiro atoms. The zero-order chi connectivity index (χ0) is 14.0. The van der Waals surface area contributed by atoms with Crippen LogP contribution in [-0.2, 0) is 13.7 Å². The summed E-state index contributed by atoms with van der Waals surface area (Å²) in [6, 6.07) is 5.64. The number of aliphatic hydroxyl groups is 1. The monoisotopic (exact) mass is 262 g/mol. The normalized spacial score (nSPS) is 10.6. The highest BCUT2D eigenvalue weighted by Gasteiger charge is 2.14. The van der Waals surface area contributed by atoms with E-state index in [0.29, 0.717) is 17.2 Å².